The number of hydrogen-bond acceptors (Lipinski definition) is 6. The van der Waals surface area contributed by atoms with Gasteiger partial charge in [-0.2, -0.15) is 4.98 Å². The summed E-state index contributed by atoms with van der Waals surface area (Å²) in [5, 5.41) is 10.2. The molecule has 2 aromatic heterocycles. The lowest BCUT2D eigenvalue weighted by molar-refractivity contribution is 0.0937. The van der Waals surface area contributed by atoms with Gasteiger partial charge in [-0.3, -0.25) is 9.78 Å². The van der Waals surface area contributed by atoms with E-state index in [9.17, 15) is 4.79 Å². The number of amides is 1. The highest BCUT2D eigenvalue weighted by atomic mass is 16.5. The first-order chi connectivity index (χ1) is 16.3. The van der Waals surface area contributed by atoms with Crippen molar-refractivity contribution in [1.29, 1.82) is 0 Å². The average Bonchev–Trinajstić information content (AvgIpc) is 3.36. The van der Waals surface area contributed by atoms with Crippen LogP contribution in [0, 0.1) is 6.92 Å². The summed E-state index contributed by atoms with van der Waals surface area (Å²) >= 11 is 0. The second-order valence-electron chi connectivity index (χ2n) is 9.48. The van der Waals surface area contributed by atoms with E-state index in [1.54, 1.807) is 0 Å². The number of aromatic nitrogens is 3. The number of carbonyl (C=O) groups is 1. The Kier molecular flexibility index (Phi) is 8.56. The van der Waals surface area contributed by atoms with Crippen LogP contribution in [-0.2, 0) is 12.0 Å². The van der Waals surface area contributed by atoms with Gasteiger partial charge in [0.1, 0.15) is 0 Å². The van der Waals surface area contributed by atoms with Crippen LogP contribution in [0.15, 0.2) is 41.2 Å². The first-order valence-corrected chi connectivity index (χ1v) is 12.2. The second kappa shape index (κ2) is 11.4. The van der Waals surface area contributed by atoms with Gasteiger partial charge in [-0.1, -0.05) is 58.0 Å². The number of aryl methyl sites for hydroxylation is 1. The fourth-order valence-corrected chi connectivity index (χ4v) is 4.06. The van der Waals surface area contributed by atoms with Gasteiger partial charge in [0.25, 0.3) is 11.7 Å². The summed E-state index contributed by atoms with van der Waals surface area (Å²) in [6.45, 7) is 14.5. The van der Waals surface area contributed by atoms with Crippen LogP contribution in [-0.4, -0.2) is 34.1 Å². The monoisotopic (exact) mass is 463 g/mol. The van der Waals surface area contributed by atoms with Crippen molar-refractivity contribution in [2.45, 2.75) is 72.3 Å². The first-order valence-electron chi connectivity index (χ1n) is 12.2. The van der Waals surface area contributed by atoms with E-state index in [0.29, 0.717) is 18.4 Å². The summed E-state index contributed by atoms with van der Waals surface area (Å²) in [5.74, 6) is 0.708. The molecule has 1 aliphatic heterocycles. The molecule has 3 heterocycles. The fraction of sp³-hybridized carbons (Fsp3) is 0.481. The molecule has 7 heteroatoms. The van der Waals surface area contributed by atoms with E-state index in [0.717, 1.165) is 37.1 Å². The maximum atomic E-state index is 12.5. The molecule has 1 aromatic carbocycles. The molecule has 2 N–H and O–H groups in total. The van der Waals surface area contributed by atoms with E-state index in [1.165, 1.54) is 16.7 Å². The maximum Gasteiger partial charge on any atom is 0.292 e. The van der Waals surface area contributed by atoms with Gasteiger partial charge in [0, 0.05) is 24.4 Å². The maximum absolute atomic E-state index is 12.5. The van der Waals surface area contributed by atoms with Gasteiger partial charge in [0.15, 0.2) is 0 Å². The van der Waals surface area contributed by atoms with E-state index in [1.807, 2.05) is 47.0 Å². The Morgan fingerprint density at radius 3 is 2.56 bits per heavy atom. The summed E-state index contributed by atoms with van der Waals surface area (Å²) in [6.07, 6.45) is 6.15. The van der Waals surface area contributed by atoms with Crippen LogP contribution in [0.25, 0.3) is 11.1 Å². The zero-order chi connectivity index (χ0) is 24.7. The first kappa shape index (κ1) is 25.6. The smallest absolute Gasteiger partial charge is 0.292 e. The van der Waals surface area contributed by atoms with Crippen molar-refractivity contribution in [2.75, 3.05) is 13.1 Å². The lowest BCUT2D eigenvalue weighted by Gasteiger charge is -2.25. The molecular weight excluding hydrogens is 426 g/mol. The molecule has 0 atom stereocenters. The van der Waals surface area contributed by atoms with Gasteiger partial charge < -0.3 is 15.2 Å². The van der Waals surface area contributed by atoms with Gasteiger partial charge in [-0.15, -0.1) is 0 Å². The number of hydrogen-bond donors (Lipinski definition) is 2. The molecule has 3 aromatic rings. The summed E-state index contributed by atoms with van der Waals surface area (Å²) in [6, 6.07) is 8.50. The zero-order valence-corrected chi connectivity index (χ0v) is 21.2. The van der Waals surface area contributed by atoms with E-state index in [2.05, 4.69) is 56.9 Å². The van der Waals surface area contributed by atoms with Crippen LogP contribution >= 0.6 is 0 Å². The molecule has 1 amide bonds. The highest BCUT2D eigenvalue weighted by molar-refractivity contribution is 5.90. The third kappa shape index (κ3) is 6.08. The van der Waals surface area contributed by atoms with Gasteiger partial charge in [0.05, 0.1) is 0 Å². The predicted octanol–water partition coefficient (Wildman–Crippen LogP) is 5.16. The van der Waals surface area contributed by atoms with Crippen molar-refractivity contribution in [3.05, 3.63) is 65.1 Å². The van der Waals surface area contributed by atoms with Crippen molar-refractivity contribution < 1.29 is 9.32 Å². The predicted molar refractivity (Wildman–Crippen MR) is 135 cm³/mol. The summed E-state index contributed by atoms with van der Waals surface area (Å²) in [5.41, 5.74) is 5.63. The molecule has 4 rings (SSSR count). The molecule has 0 saturated carbocycles. The van der Waals surface area contributed by atoms with Crippen LogP contribution in [0.1, 0.15) is 86.6 Å². The van der Waals surface area contributed by atoms with Gasteiger partial charge in [-0.25, -0.2) is 0 Å². The van der Waals surface area contributed by atoms with Gasteiger partial charge in [-0.05, 0) is 72.7 Å². The Labute approximate surface area is 202 Å². The molecule has 0 spiro atoms. The number of nitrogens with zero attached hydrogens (tertiary/aromatic N) is 3. The molecule has 34 heavy (non-hydrogen) atoms. The molecule has 1 saturated heterocycles. The number of nitrogens with one attached hydrogen (secondary N) is 2. The third-order valence-electron chi connectivity index (χ3n) is 5.99. The molecule has 0 bridgehead atoms. The highest BCUT2D eigenvalue weighted by Gasteiger charge is 2.24. The van der Waals surface area contributed by atoms with Crippen LogP contribution in [0.3, 0.4) is 0 Å². The molecule has 0 aliphatic carbocycles. The standard InChI is InChI=1S/C25H31N5O2.C2H6/c1-16-13-18(20-9-12-27-15-21(20)17-7-10-26-11-8-17)5-6-19(16)14-28-23(31)22-29-24(32-30-22)25(2,3)4;1-2/h5-6,9,12-13,15,17,26H,7-8,10-11,14H2,1-4H3,(H,28,31);1-2H3. The molecule has 1 fully saturated rings. The normalized spacial score (nSPS) is 14.3. The fourth-order valence-electron chi connectivity index (χ4n) is 4.06. The number of pyridine rings is 1. The van der Waals surface area contributed by atoms with Crippen molar-refractivity contribution in [2.24, 2.45) is 0 Å². The molecular formula is C27H37N5O2. The number of piperidine rings is 1. The summed E-state index contributed by atoms with van der Waals surface area (Å²) < 4.78 is 5.22. The second-order valence-corrected chi connectivity index (χ2v) is 9.48. The molecule has 182 valence electrons. The largest absolute Gasteiger partial charge is 0.345 e. The van der Waals surface area contributed by atoms with E-state index >= 15 is 0 Å². The SMILES string of the molecule is CC.Cc1cc(-c2ccncc2C2CCNCC2)ccc1CNC(=O)c1noc(C(C)(C)C)n1. The minimum atomic E-state index is -0.338. The number of rotatable bonds is 5. The lowest BCUT2D eigenvalue weighted by Crippen LogP contribution is -2.27. The Hall–Kier alpha value is -3.06. The molecule has 7 nitrogen and oxygen atoms in total. The Balaban J connectivity index is 0.00000158. The Morgan fingerprint density at radius 1 is 1.18 bits per heavy atom. The lowest BCUT2D eigenvalue weighted by atomic mass is 9.86. The topological polar surface area (TPSA) is 92.9 Å². The van der Waals surface area contributed by atoms with E-state index in [-0.39, 0.29) is 17.1 Å². The van der Waals surface area contributed by atoms with Crippen LogP contribution in [0.5, 0.6) is 0 Å². The summed E-state index contributed by atoms with van der Waals surface area (Å²) in [4.78, 5) is 21.1. The Morgan fingerprint density at radius 2 is 1.91 bits per heavy atom. The van der Waals surface area contributed by atoms with Gasteiger partial charge in [0.2, 0.25) is 5.89 Å². The van der Waals surface area contributed by atoms with Crippen molar-refractivity contribution >= 4 is 5.91 Å². The van der Waals surface area contributed by atoms with Gasteiger partial charge >= 0.3 is 0 Å². The quantitative estimate of drug-likeness (QED) is 0.543. The number of carbonyl (C=O) groups excluding carboxylic acids is 1. The van der Waals surface area contributed by atoms with Crippen LogP contribution < -0.4 is 10.6 Å². The van der Waals surface area contributed by atoms with Crippen LogP contribution in [0.4, 0.5) is 0 Å². The van der Waals surface area contributed by atoms with Crippen molar-refractivity contribution in [1.82, 2.24) is 25.8 Å². The Bertz CT molecular complexity index is 1090. The van der Waals surface area contributed by atoms with Crippen molar-refractivity contribution in [3.8, 4) is 11.1 Å². The third-order valence-corrected chi connectivity index (χ3v) is 5.99. The summed E-state index contributed by atoms with van der Waals surface area (Å²) in [7, 11) is 0. The van der Waals surface area contributed by atoms with E-state index < -0.39 is 0 Å². The molecule has 0 radical (unpaired) electrons. The number of benzene rings is 1. The average molecular weight is 464 g/mol. The highest BCUT2D eigenvalue weighted by Crippen LogP contribution is 2.34. The van der Waals surface area contributed by atoms with E-state index in [4.69, 9.17) is 4.52 Å². The molecule has 1 aliphatic rings. The minimum Gasteiger partial charge on any atom is -0.345 e. The van der Waals surface area contributed by atoms with Crippen LogP contribution in [0.2, 0.25) is 0 Å². The minimum absolute atomic E-state index is 0.0626. The zero-order valence-electron chi connectivity index (χ0n) is 21.2. The van der Waals surface area contributed by atoms with Crippen molar-refractivity contribution in [3.63, 3.8) is 0 Å². The molecule has 0 unspecified atom stereocenters.